The quantitative estimate of drug-likeness (QED) is 0.487. The molecule has 1 amide bonds. The van der Waals surface area contributed by atoms with E-state index in [1.54, 1.807) is 61.8 Å². The molecule has 0 aliphatic heterocycles. The van der Waals surface area contributed by atoms with Crippen LogP contribution in [0, 0.1) is 5.82 Å². The van der Waals surface area contributed by atoms with Crippen molar-refractivity contribution in [1.29, 1.82) is 0 Å². The third-order valence-corrected chi connectivity index (χ3v) is 4.76. The van der Waals surface area contributed by atoms with E-state index in [1.807, 2.05) is 12.1 Å². The van der Waals surface area contributed by atoms with Crippen molar-refractivity contribution in [1.82, 2.24) is 9.78 Å². The first-order valence-electron chi connectivity index (χ1n) is 9.58. The van der Waals surface area contributed by atoms with Gasteiger partial charge in [0, 0.05) is 17.4 Å². The first kappa shape index (κ1) is 20.3. The van der Waals surface area contributed by atoms with E-state index in [0.29, 0.717) is 39.5 Å². The molecule has 7 heteroatoms. The number of nitrogens with one attached hydrogen (secondary N) is 1. The van der Waals surface area contributed by atoms with Crippen molar-refractivity contribution in [3.05, 3.63) is 95.9 Å². The van der Waals surface area contributed by atoms with Crippen LogP contribution in [0.3, 0.4) is 0 Å². The van der Waals surface area contributed by atoms with Gasteiger partial charge in [-0.2, -0.15) is 5.10 Å². The number of carbonyl (C=O) groups excluding carboxylic acids is 1. The summed E-state index contributed by atoms with van der Waals surface area (Å²) in [4.78, 5) is 13.1. The molecular weight excluding hydrogens is 397 g/mol. The zero-order chi connectivity index (χ0) is 21.8. The van der Waals surface area contributed by atoms with Crippen LogP contribution in [0.15, 0.2) is 79.0 Å². The number of ether oxygens (including phenoxy) is 1. The van der Waals surface area contributed by atoms with Gasteiger partial charge in [0.05, 0.1) is 25.0 Å². The molecule has 0 unspecified atom stereocenters. The van der Waals surface area contributed by atoms with E-state index in [2.05, 4.69) is 10.4 Å². The van der Waals surface area contributed by atoms with Crippen LogP contribution in [0.2, 0.25) is 0 Å². The highest BCUT2D eigenvalue weighted by molar-refractivity contribution is 6.08. The first-order chi connectivity index (χ1) is 15.1. The molecule has 0 saturated heterocycles. The fourth-order valence-electron chi connectivity index (χ4n) is 3.20. The minimum absolute atomic E-state index is 0.124. The lowest BCUT2D eigenvalue weighted by molar-refractivity contribution is 0.102. The average molecular weight is 417 g/mol. The maximum Gasteiger partial charge on any atom is 0.259 e. The van der Waals surface area contributed by atoms with Gasteiger partial charge in [-0.1, -0.05) is 24.3 Å². The van der Waals surface area contributed by atoms with Crippen molar-refractivity contribution in [2.24, 2.45) is 0 Å². The molecule has 0 atom stereocenters. The number of hydrogen-bond donors (Lipinski definition) is 2. The van der Waals surface area contributed by atoms with E-state index >= 15 is 0 Å². The summed E-state index contributed by atoms with van der Waals surface area (Å²) < 4.78 is 20.2. The second-order valence-corrected chi connectivity index (χ2v) is 6.86. The van der Waals surface area contributed by atoms with Crippen LogP contribution in [0.4, 0.5) is 10.1 Å². The molecule has 4 rings (SSSR count). The molecule has 0 bridgehead atoms. The second kappa shape index (κ2) is 8.81. The Balaban J connectivity index is 1.76. The van der Waals surface area contributed by atoms with Gasteiger partial charge in [-0.3, -0.25) is 4.79 Å². The third kappa shape index (κ3) is 4.46. The van der Waals surface area contributed by atoms with Gasteiger partial charge in [0.2, 0.25) is 0 Å². The summed E-state index contributed by atoms with van der Waals surface area (Å²) in [6.07, 6.45) is 1.60. The molecule has 31 heavy (non-hydrogen) atoms. The Labute approximate surface area is 178 Å². The number of carbonyl (C=O) groups is 1. The summed E-state index contributed by atoms with van der Waals surface area (Å²) in [7, 11) is 1.57. The van der Waals surface area contributed by atoms with Gasteiger partial charge in [0.1, 0.15) is 17.3 Å². The lowest BCUT2D eigenvalue weighted by Crippen LogP contribution is -2.12. The molecule has 6 nitrogen and oxygen atoms in total. The van der Waals surface area contributed by atoms with Crippen LogP contribution in [0.1, 0.15) is 15.9 Å². The number of halogens is 1. The number of aliphatic hydroxyl groups is 1. The number of hydrogen-bond acceptors (Lipinski definition) is 4. The summed E-state index contributed by atoms with van der Waals surface area (Å²) in [6.45, 7) is -0.124. The SMILES string of the molecule is COc1cccc(-c2nn(-c3ccc(F)cc3)cc2C(=O)Nc2cccc(CO)c2)c1. The Morgan fingerprint density at radius 3 is 2.61 bits per heavy atom. The Hall–Kier alpha value is -3.97. The number of amides is 1. The highest BCUT2D eigenvalue weighted by atomic mass is 19.1. The van der Waals surface area contributed by atoms with Crippen LogP contribution in [0.25, 0.3) is 16.9 Å². The van der Waals surface area contributed by atoms with Crippen molar-refractivity contribution in [2.75, 3.05) is 12.4 Å². The minimum atomic E-state index is -0.360. The number of aliphatic hydroxyl groups excluding tert-OH is 1. The molecule has 1 aromatic heterocycles. The monoisotopic (exact) mass is 417 g/mol. The lowest BCUT2D eigenvalue weighted by atomic mass is 10.1. The van der Waals surface area contributed by atoms with Crippen LogP contribution >= 0.6 is 0 Å². The minimum Gasteiger partial charge on any atom is -0.497 e. The third-order valence-electron chi connectivity index (χ3n) is 4.76. The molecule has 4 aromatic rings. The van der Waals surface area contributed by atoms with Gasteiger partial charge in [-0.15, -0.1) is 0 Å². The molecule has 1 heterocycles. The zero-order valence-electron chi connectivity index (χ0n) is 16.7. The van der Waals surface area contributed by atoms with Crippen LogP contribution in [0.5, 0.6) is 5.75 Å². The van der Waals surface area contributed by atoms with Gasteiger partial charge >= 0.3 is 0 Å². The fourth-order valence-corrected chi connectivity index (χ4v) is 3.20. The van der Waals surface area contributed by atoms with E-state index in [1.165, 1.54) is 16.8 Å². The molecule has 0 fully saturated rings. The predicted octanol–water partition coefficient (Wildman–Crippen LogP) is 4.43. The van der Waals surface area contributed by atoms with E-state index in [0.717, 1.165) is 0 Å². The van der Waals surface area contributed by atoms with Crippen molar-refractivity contribution < 1.29 is 19.0 Å². The van der Waals surface area contributed by atoms with E-state index in [-0.39, 0.29) is 18.3 Å². The van der Waals surface area contributed by atoms with Gasteiger partial charge in [0.15, 0.2) is 0 Å². The van der Waals surface area contributed by atoms with Gasteiger partial charge < -0.3 is 15.2 Å². The Kier molecular flexibility index (Phi) is 5.77. The zero-order valence-corrected chi connectivity index (χ0v) is 16.7. The molecule has 3 aromatic carbocycles. The molecule has 156 valence electrons. The number of anilines is 1. The first-order valence-corrected chi connectivity index (χ1v) is 9.58. The predicted molar refractivity (Wildman–Crippen MR) is 116 cm³/mol. The number of rotatable bonds is 6. The smallest absolute Gasteiger partial charge is 0.259 e. The van der Waals surface area contributed by atoms with Crippen molar-refractivity contribution >= 4 is 11.6 Å². The Bertz CT molecular complexity index is 1220. The van der Waals surface area contributed by atoms with E-state index < -0.39 is 0 Å². The standard InChI is InChI=1S/C24H20FN3O3/c1-31-21-7-3-5-17(13-21)23-22(14-28(27-23)20-10-8-18(25)9-11-20)24(30)26-19-6-2-4-16(12-19)15-29/h2-14,29H,15H2,1H3,(H,26,30). The maximum atomic E-state index is 13.3. The Morgan fingerprint density at radius 2 is 1.87 bits per heavy atom. The van der Waals surface area contributed by atoms with Crippen molar-refractivity contribution in [3.8, 4) is 22.7 Å². The number of nitrogens with zero attached hydrogens (tertiary/aromatic N) is 2. The highest BCUT2D eigenvalue weighted by Crippen LogP contribution is 2.28. The van der Waals surface area contributed by atoms with Gasteiger partial charge in [-0.25, -0.2) is 9.07 Å². The van der Waals surface area contributed by atoms with Crippen LogP contribution in [-0.2, 0) is 6.61 Å². The lowest BCUT2D eigenvalue weighted by Gasteiger charge is -2.07. The number of methoxy groups -OCH3 is 1. The molecule has 2 N–H and O–H groups in total. The van der Waals surface area contributed by atoms with Crippen LogP contribution in [-0.4, -0.2) is 27.9 Å². The average Bonchev–Trinajstić information content (AvgIpc) is 3.25. The number of benzene rings is 3. The van der Waals surface area contributed by atoms with Gasteiger partial charge in [0.25, 0.3) is 5.91 Å². The summed E-state index contributed by atoms with van der Waals surface area (Å²) in [5, 5.41) is 16.8. The molecular formula is C24H20FN3O3. The van der Waals surface area contributed by atoms with Gasteiger partial charge in [-0.05, 0) is 54.1 Å². The summed E-state index contributed by atoms with van der Waals surface area (Å²) in [5.41, 5.74) is 3.36. The molecule has 0 saturated carbocycles. The maximum absolute atomic E-state index is 13.3. The summed E-state index contributed by atoms with van der Waals surface area (Å²) in [5.74, 6) is -0.0808. The molecule has 0 aliphatic carbocycles. The normalized spacial score (nSPS) is 10.7. The molecule has 0 radical (unpaired) electrons. The topological polar surface area (TPSA) is 76.4 Å². The largest absolute Gasteiger partial charge is 0.497 e. The second-order valence-electron chi connectivity index (χ2n) is 6.86. The molecule has 0 aliphatic rings. The van der Waals surface area contributed by atoms with Crippen molar-refractivity contribution in [3.63, 3.8) is 0 Å². The van der Waals surface area contributed by atoms with Crippen LogP contribution < -0.4 is 10.1 Å². The highest BCUT2D eigenvalue weighted by Gasteiger charge is 2.19. The summed E-state index contributed by atoms with van der Waals surface area (Å²) >= 11 is 0. The fraction of sp³-hybridized carbons (Fsp3) is 0.0833. The molecule has 0 spiro atoms. The number of aromatic nitrogens is 2. The Morgan fingerprint density at radius 1 is 1.10 bits per heavy atom. The van der Waals surface area contributed by atoms with Crippen molar-refractivity contribution in [2.45, 2.75) is 6.61 Å². The summed E-state index contributed by atoms with van der Waals surface area (Å²) in [6, 6.07) is 20.1. The van der Waals surface area contributed by atoms with E-state index in [9.17, 15) is 14.3 Å². The van der Waals surface area contributed by atoms with E-state index in [4.69, 9.17) is 4.74 Å².